The van der Waals surface area contributed by atoms with E-state index in [1.807, 2.05) is 48.5 Å². The number of aromatic nitrogens is 1. The monoisotopic (exact) mass is 373 g/mol. The Kier molecular flexibility index (Phi) is 4.59. The molecule has 1 aromatic heterocycles. The summed E-state index contributed by atoms with van der Waals surface area (Å²) in [6, 6.07) is 15.3. The van der Waals surface area contributed by atoms with Gasteiger partial charge in [0, 0.05) is 35.9 Å². The number of carbonyl (C=O) groups excluding carboxylic acids is 2. The van der Waals surface area contributed by atoms with Gasteiger partial charge in [0.15, 0.2) is 0 Å². The minimum absolute atomic E-state index is 0.0417. The van der Waals surface area contributed by atoms with Gasteiger partial charge in [0.1, 0.15) is 0 Å². The molecule has 0 unspecified atom stereocenters. The number of hydrogen-bond donors (Lipinski definition) is 1. The molecule has 0 aliphatic carbocycles. The lowest BCUT2D eigenvalue weighted by Gasteiger charge is -2.15. The van der Waals surface area contributed by atoms with Crippen LogP contribution in [0.15, 0.2) is 48.5 Å². The lowest BCUT2D eigenvalue weighted by Crippen LogP contribution is -2.25. The summed E-state index contributed by atoms with van der Waals surface area (Å²) in [5.74, 6) is 0.121. The van der Waals surface area contributed by atoms with Crippen molar-refractivity contribution in [2.75, 3.05) is 16.8 Å². The number of amides is 2. The summed E-state index contributed by atoms with van der Waals surface area (Å²) >= 11 is 0. The SMILES string of the molecule is CC(=O)N1CCc2cc(NC(=O)c3cc(C(C)C)nc4ccccc34)ccc21. The molecule has 0 fully saturated rings. The molecule has 2 heterocycles. The molecule has 3 aromatic rings. The first-order valence-electron chi connectivity index (χ1n) is 9.56. The number of fused-ring (bicyclic) bond motifs is 2. The molecule has 0 saturated heterocycles. The number of nitrogens with zero attached hydrogens (tertiary/aromatic N) is 2. The van der Waals surface area contributed by atoms with E-state index in [4.69, 9.17) is 0 Å². The minimum Gasteiger partial charge on any atom is -0.322 e. The van der Waals surface area contributed by atoms with Crippen molar-refractivity contribution in [3.05, 3.63) is 65.4 Å². The van der Waals surface area contributed by atoms with Crippen LogP contribution in [0.2, 0.25) is 0 Å². The zero-order valence-electron chi connectivity index (χ0n) is 16.3. The van der Waals surface area contributed by atoms with Gasteiger partial charge in [-0.15, -0.1) is 0 Å². The van der Waals surface area contributed by atoms with Crippen LogP contribution in [0.25, 0.3) is 10.9 Å². The summed E-state index contributed by atoms with van der Waals surface area (Å²) in [7, 11) is 0. The largest absolute Gasteiger partial charge is 0.322 e. The molecule has 5 heteroatoms. The Morgan fingerprint density at radius 2 is 1.89 bits per heavy atom. The topological polar surface area (TPSA) is 62.3 Å². The first-order chi connectivity index (χ1) is 13.4. The fourth-order valence-corrected chi connectivity index (χ4v) is 3.68. The van der Waals surface area contributed by atoms with Crippen LogP contribution in [0, 0.1) is 0 Å². The first-order valence-corrected chi connectivity index (χ1v) is 9.56. The van der Waals surface area contributed by atoms with Gasteiger partial charge >= 0.3 is 0 Å². The van der Waals surface area contributed by atoms with Crippen LogP contribution in [0.5, 0.6) is 0 Å². The highest BCUT2D eigenvalue weighted by molar-refractivity contribution is 6.12. The van der Waals surface area contributed by atoms with Crippen molar-refractivity contribution in [1.82, 2.24) is 4.98 Å². The van der Waals surface area contributed by atoms with Crippen molar-refractivity contribution in [2.24, 2.45) is 0 Å². The lowest BCUT2D eigenvalue weighted by molar-refractivity contribution is -0.116. The van der Waals surface area contributed by atoms with E-state index in [-0.39, 0.29) is 17.7 Å². The predicted octanol–water partition coefficient (Wildman–Crippen LogP) is 4.52. The Hall–Kier alpha value is -3.21. The summed E-state index contributed by atoms with van der Waals surface area (Å²) < 4.78 is 0. The molecule has 0 radical (unpaired) electrons. The van der Waals surface area contributed by atoms with E-state index in [0.717, 1.165) is 40.0 Å². The normalized spacial score (nSPS) is 13.1. The maximum Gasteiger partial charge on any atom is 0.256 e. The van der Waals surface area contributed by atoms with E-state index < -0.39 is 0 Å². The van der Waals surface area contributed by atoms with Crippen LogP contribution in [-0.2, 0) is 11.2 Å². The number of carbonyl (C=O) groups is 2. The predicted molar refractivity (Wildman–Crippen MR) is 112 cm³/mol. The van der Waals surface area contributed by atoms with Gasteiger partial charge in [0.05, 0.1) is 11.1 Å². The summed E-state index contributed by atoms with van der Waals surface area (Å²) in [4.78, 5) is 31.2. The molecule has 1 N–H and O–H groups in total. The molecule has 5 nitrogen and oxygen atoms in total. The van der Waals surface area contributed by atoms with E-state index in [1.54, 1.807) is 11.8 Å². The summed E-state index contributed by atoms with van der Waals surface area (Å²) in [5.41, 5.74) is 5.10. The number of nitrogens with one attached hydrogen (secondary N) is 1. The average molecular weight is 373 g/mol. The molecule has 1 aliphatic rings. The van der Waals surface area contributed by atoms with Crippen LogP contribution in [0.1, 0.15) is 48.3 Å². The number of anilines is 2. The summed E-state index contributed by atoms with van der Waals surface area (Å²) in [6.07, 6.45) is 0.800. The van der Waals surface area contributed by atoms with E-state index >= 15 is 0 Å². The number of para-hydroxylation sites is 1. The minimum atomic E-state index is -0.151. The number of pyridine rings is 1. The molecule has 142 valence electrons. The van der Waals surface area contributed by atoms with Crippen molar-refractivity contribution in [2.45, 2.75) is 33.1 Å². The fraction of sp³-hybridized carbons (Fsp3) is 0.261. The lowest BCUT2D eigenvalue weighted by atomic mass is 10.0. The van der Waals surface area contributed by atoms with Gasteiger partial charge in [0.2, 0.25) is 5.91 Å². The maximum atomic E-state index is 13.1. The van der Waals surface area contributed by atoms with Crippen molar-refractivity contribution >= 4 is 34.1 Å². The molecule has 0 spiro atoms. The van der Waals surface area contributed by atoms with Gasteiger partial charge in [-0.1, -0.05) is 32.0 Å². The number of hydrogen-bond acceptors (Lipinski definition) is 3. The van der Waals surface area contributed by atoms with Gasteiger partial charge < -0.3 is 10.2 Å². The molecule has 4 rings (SSSR count). The van der Waals surface area contributed by atoms with Gasteiger partial charge in [0.25, 0.3) is 5.91 Å². The molecular formula is C23H23N3O2. The molecule has 28 heavy (non-hydrogen) atoms. The molecular weight excluding hydrogens is 350 g/mol. The highest BCUT2D eigenvalue weighted by Gasteiger charge is 2.22. The molecule has 0 bridgehead atoms. The third kappa shape index (κ3) is 3.24. The molecule has 0 saturated carbocycles. The Bertz CT molecular complexity index is 1090. The van der Waals surface area contributed by atoms with Gasteiger partial charge in [-0.05, 0) is 48.2 Å². The second-order valence-electron chi connectivity index (χ2n) is 7.48. The Balaban J connectivity index is 1.67. The fourth-order valence-electron chi connectivity index (χ4n) is 3.68. The number of rotatable bonds is 3. The number of benzene rings is 2. The van der Waals surface area contributed by atoms with Crippen LogP contribution >= 0.6 is 0 Å². The second-order valence-corrected chi connectivity index (χ2v) is 7.48. The van der Waals surface area contributed by atoms with Crippen molar-refractivity contribution in [1.29, 1.82) is 0 Å². The maximum absolute atomic E-state index is 13.1. The first kappa shape index (κ1) is 18.2. The third-order valence-electron chi connectivity index (χ3n) is 5.19. The van der Waals surface area contributed by atoms with Gasteiger partial charge in [-0.3, -0.25) is 14.6 Å². The Morgan fingerprint density at radius 1 is 1.11 bits per heavy atom. The van der Waals surface area contributed by atoms with Crippen molar-refractivity contribution in [3.8, 4) is 0 Å². The Labute approximate surface area is 164 Å². The van der Waals surface area contributed by atoms with Crippen molar-refractivity contribution < 1.29 is 9.59 Å². The van der Waals surface area contributed by atoms with E-state index in [9.17, 15) is 9.59 Å². The van der Waals surface area contributed by atoms with Crippen LogP contribution < -0.4 is 10.2 Å². The molecule has 0 atom stereocenters. The zero-order valence-corrected chi connectivity index (χ0v) is 16.3. The average Bonchev–Trinajstić information content (AvgIpc) is 3.10. The highest BCUT2D eigenvalue weighted by atomic mass is 16.2. The van der Waals surface area contributed by atoms with Crippen molar-refractivity contribution in [3.63, 3.8) is 0 Å². The van der Waals surface area contributed by atoms with E-state index in [2.05, 4.69) is 24.1 Å². The van der Waals surface area contributed by atoms with Crippen LogP contribution in [0.4, 0.5) is 11.4 Å². The van der Waals surface area contributed by atoms with E-state index in [1.165, 1.54) is 0 Å². The molecule has 1 aliphatic heterocycles. The van der Waals surface area contributed by atoms with Gasteiger partial charge in [-0.25, -0.2) is 0 Å². The smallest absolute Gasteiger partial charge is 0.256 e. The quantitative estimate of drug-likeness (QED) is 0.734. The molecule has 2 aromatic carbocycles. The third-order valence-corrected chi connectivity index (χ3v) is 5.19. The van der Waals surface area contributed by atoms with E-state index in [0.29, 0.717) is 12.1 Å². The zero-order chi connectivity index (χ0) is 19.8. The summed E-state index contributed by atoms with van der Waals surface area (Å²) in [5, 5.41) is 3.86. The molecule has 2 amide bonds. The van der Waals surface area contributed by atoms with Crippen LogP contribution in [0.3, 0.4) is 0 Å². The van der Waals surface area contributed by atoms with Crippen LogP contribution in [-0.4, -0.2) is 23.3 Å². The summed E-state index contributed by atoms with van der Waals surface area (Å²) in [6.45, 7) is 6.40. The second kappa shape index (κ2) is 7.08. The van der Waals surface area contributed by atoms with Gasteiger partial charge in [-0.2, -0.15) is 0 Å². The standard InChI is InChI=1S/C23H23N3O2/c1-14(2)21-13-19(18-6-4-5-7-20(18)25-21)23(28)24-17-8-9-22-16(12-17)10-11-26(22)15(3)27/h4-9,12-14H,10-11H2,1-3H3,(H,24,28). The Morgan fingerprint density at radius 3 is 2.64 bits per heavy atom. The highest BCUT2D eigenvalue weighted by Crippen LogP contribution is 2.31.